The highest BCUT2D eigenvalue weighted by Gasteiger charge is 2.12. The molecule has 0 aliphatic rings. The molecule has 0 aliphatic heterocycles. The molecule has 0 radical (unpaired) electrons. The van der Waals surface area contributed by atoms with Gasteiger partial charge in [0, 0.05) is 17.3 Å². The normalized spacial score (nSPS) is 10.9. The van der Waals surface area contributed by atoms with Crippen LogP contribution in [0.5, 0.6) is 0 Å². The number of benzene rings is 2. The summed E-state index contributed by atoms with van der Waals surface area (Å²) >= 11 is 0. The predicted molar refractivity (Wildman–Crippen MR) is 88.6 cm³/mol. The van der Waals surface area contributed by atoms with Crippen molar-refractivity contribution in [2.45, 2.75) is 6.92 Å². The molecule has 0 spiro atoms. The second kappa shape index (κ2) is 5.66. The lowest BCUT2D eigenvalue weighted by atomic mass is 10.2. The van der Waals surface area contributed by atoms with E-state index in [1.807, 2.05) is 36.4 Å². The SMILES string of the molecule is Cc1cc(C(=O)Nc2ccc(-c3nc4ccccc4o3)cc2)on1. The topological polar surface area (TPSA) is 81.2 Å². The number of para-hydroxylation sites is 2. The monoisotopic (exact) mass is 319 g/mol. The van der Waals surface area contributed by atoms with Gasteiger partial charge in [0.05, 0.1) is 5.69 Å². The number of oxazole rings is 1. The van der Waals surface area contributed by atoms with Gasteiger partial charge in [0.25, 0.3) is 5.91 Å². The van der Waals surface area contributed by atoms with E-state index in [1.54, 1.807) is 25.1 Å². The van der Waals surface area contributed by atoms with Crippen LogP contribution >= 0.6 is 0 Å². The standard InChI is InChI=1S/C18H13N3O3/c1-11-10-16(24-21-11)17(22)19-13-8-6-12(7-9-13)18-20-14-4-2-3-5-15(14)23-18/h2-10H,1H3,(H,19,22). The van der Waals surface area contributed by atoms with Crippen LogP contribution in [-0.2, 0) is 0 Å². The highest BCUT2D eigenvalue weighted by Crippen LogP contribution is 2.25. The first-order valence-corrected chi connectivity index (χ1v) is 7.40. The molecule has 0 saturated carbocycles. The van der Waals surface area contributed by atoms with Crippen LogP contribution in [0, 0.1) is 6.92 Å². The summed E-state index contributed by atoms with van der Waals surface area (Å²) in [6.45, 7) is 1.76. The summed E-state index contributed by atoms with van der Waals surface area (Å²) in [7, 11) is 0. The third-order valence-corrected chi connectivity index (χ3v) is 3.54. The fraction of sp³-hybridized carbons (Fsp3) is 0.0556. The largest absolute Gasteiger partial charge is 0.436 e. The van der Waals surface area contributed by atoms with E-state index in [2.05, 4.69) is 15.5 Å². The van der Waals surface area contributed by atoms with Gasteiger partial charge < -0.3 is 14.3 Å². The molecule has 4 aromatic rings. The van der Waals surface area contributed by atoms with Gasteiger partial charge in [-0.2, -0.15) is 0 Å². The molecule has 6 heteroatoms. The van der Waals surface area contributed by atoms with E-state index in [-0.39, 0.29) is 11.7 Å². The number of carbonyl (C=O) groups excluding carboxylic acids is 1. The Labute approximate surface area is 137 Å². The van der Waals surface area contributed by atoms with Gasteiger partial charge in [-0.15, -0.1) is 0 Å². The van der Waals surface area contributed by atoms with Crippen molar-refractivity contribution >= 4 is 22.7 Å². The van der Waals surface area contributed by atoms with Crippen molar-refractivity contribution in [3.8, 4) is 11.5 Å². The number of rotatable bonds is 3. The summed E-state index contributed by atoms with van der Waals surface area (Å²) in [5.74, 6) is 0.376. The van der Waals surface area contributed by atoms with Crippen LogP contribution < -0.4 is 5.32 Å². The van der Waals surface area contributed by atoms with Crippen molar-refractivity contribution in [1.29, 1.82) is 0 Å². The molecule has 2 aromatic heterocycles. The quantitative estimate of drug-likeness (QED) is 0.616. The molecule has 2 heterocycles. The number of amides is 1. The Balaban J connectivity index is 1.55. The van der Waals surface area contributed by atoms with Crippen molar-refractivity contribution < 1.29 is 13.7 Å². The fourth-order valence-corrected chi connectivity index (χ4v) is 2.36. The number of aromatic nitrogens is 2. The minimum absolute atomic E-state index is 0.176. The van der Waals surface area contributed by atoms with Crippen molar-refractivity contribution in [3.63, 3.8) is 0 Å². The Morgan fingerprint density at radius 1 is 1.08 bits per heavy atom. The number of fused-ring (bicyclic) bond motifs is 1. The summed E-state index contributed by atoms with van der Waals surface area (Å²) in [4.78, 5) is 16.5. The number of hydrogen-bond donors (Lipinski definition) is 1. The third kappa shape index (κ3) is 2.65. The molecule has 4 rings (SSSR count). The van der Waals surface area contributed by atoms with Gasteiger partial charge >= 0.3 is 0 Å². The van der Waals surface area contributed by atoms with Crippen LogP contribution in [0.25, 0.3) is 22.6 Å². The van der Waals surface area contributed by atoms with Crippen LogP contribution in [-0.4, -0.2) is 16.0 Å². The summed E-state index contributed by atoms with van der Waals surface area (Å²) in [6, 6.07) is 16.4. The number of aryl methyl sites for hydroxylation is 1. The fourth-order valence-electron chi connectivity index (χ4n) is 2.36. The summed E-state index contributed by atoms with van der Waals surface area (Å²) in [6.07, 6.45) is 0. The van der Waals surface area contributed by atoms with Gasteiger partial charge in [-0.1, -0.05) is 17.3 Å². The molecule has 1 amide bonds. The van der Waals surface area contributed by atoms with Crippen LogP contribution in [0.1, 0.15) is 16.2 Å². The molecule has 0 unspecified atom stereocenters. The highest BCUT2D eigenvalue weighted by molar-refractivity contribution is 6.02. The Hall–Kier alpha value is -3.41. The lowest BCUT2D eigenvalue weighted by Crippen LogP contribution is -2.10. The van der Waals surface area contributed by atoms with Crippen LogP contribution in [0.4, 0.5) is 5.69 Å². The highest BCUT2D eigenvalue weighted by atomic mass is 16.5. The first-order valence-electron chi connectivity index (χ1n) is 7.40. The molecule has 24 heavy (non-hydrogen) atoms. The van der Waals surface area contributed by atoms with Gasteiger partial charge in [0.1, 0.15) is 5.52 Å². The first-order chi connectivity index (χ1) is 11.7. The Morgan fingerprint density at radius 2 is 1.88 bits per heavy atom. The summed E-state index contributed by atoms with van der Waals surface area (Å²) < 4.78 is 10.7. The molecule has 118 valence electrons. The van der Waals surface area contributed by atoms with Crippen molar-refractivity contribution in [3.05, 3.63) is 66.1 Å². The predicted octanol–water partition coefficient (Wildman–Crippen LogP) is 4.04. The maximum Gasteiger partial charge on any atom is 0.294 e. The molecule has 0 fully saturated rings. The van der Waals surface area contributed by atoms with Crippen molar-refractivity contribution in [2.24, 2.45) is 0 Å². The lowest BCUT2D eigenvalue weighted by molar-refractivity contribution is 0.0988. The second-order valence-electron chi connectivity index (χ2n) is 5.35. The third-order valence-electron chi connectivity index (χ3n) is 3.54. The second-order valence-corrected chi connectivity index (χ2v) is 5.35. The molecule has 1 N–H and O–H groups in total. The zero-order chi connectivity index (χ0) is 16.5. The van der Waals surface area contributed by atoms with Gasteiger partial charge in [-0.3, -0.25) is 4.79 Å². The van der Waals surface area contributed by atoms with Gasteiger partial charge in [0.2, 0.25) is 11.7 Å². The molecular formula is C18H13N3O3. The van der Waals surface area contributed by atoms with Crippen LogP contribution in [0.2, 0.25) is 0 Å². The van der Waals surface area contributed by atoms with E-state index >= 15 is 0 Å². The van der Waals surface area contributed by atoms with E-state index in [0.29, 0.717) is 17.3 Å². The Kier molecular flexibility index (Phi) is 3.35. The zero-order valence-corrected chi connectivity index (χ0v) is 12.8. The molecule has 0 saturated heterocycles. The van der Waals surface area contributed by atoms with E-state index in [9.17, 15) is 4.79 Å². The van der Waals surface area contributed by atoms with E-state index in [0.717, 1.165) is 16.7 Å². The number of nitrogens with zero attached hydrogens (tertiary/aromatic N) is 2. The first kappa shape index (κ1) is 14.2. The molecule has 0 atom stereocenters. The summed E-state index contributed by atoms with van der Waals surface area (Å²) in [5, 5.41) is 6.45. The molecule has 6 nitrogen and oxygen atoms in total. The van der Waals surface area contributed by atoms with E-state index < -0.39 is 0 Å². The molecular weight excluding hydrogens is 306 g/mol. The number of nitrogens with one attached hydrogen (secondary N) is 1. The smallest absolute Gasteiger partial charge is 0.294 e. The maximum absolute atomic E-state index is 12.0. The molecule has 2 aromatic carbocycles. The number of carbonyl (C=O) groups is 1. The molecule has 0 bridgehead atoms. The average molecular weight is 319 g/mol. The summed E-state index contributed by atoms with van der Waals surface area (Å²) in [5.41, 5.74) is 3.69. The maximum atomic E-state index is 12.0. The van der Waals surface area contributed by atoms with Crippen LogP contribution in [0.15, 0.2) is 63.5 Å². The van der Waals surface area contributed by atoms with Crippen molar-refractivity contribution in [2.75, 3.05) is 5.32 Å². The van der Waals surface area contributed by atoms with Crippen LogP contribution in [0.3, 0.4) is 0 Å². The van der Waals surface area contributed by atoms with E-state index in [4.69, 9.17) is 8.94 Å². The minimum atomic E-state index is -0.342. The zero-order valence-electron chi connectivity index (χ0n) is 12.8. The number of anilines is 1. The van der Waals surface area contributed by atoms with E-state index in [1.165, 1.54) is 0 Å². The lowest BCUT2D eigenvalue weighted by Gasteiger charge is -2.03. The number of hydrogen-bond acceptors (Lipinski definition) is 5. The van der Waals surface area contributed by atoms with Gasteiger partial charge in [-0.25, -0.2) is 4.98 Å². The van der Waals surface area contributed by atoms with Gasteiger partial charge in [-0.05, 0) is 43.3 Å². The van der Waals surface area contributed by atoms with Crippen molar-refractivity contribution in [1.82, 2.24) is 10.1 Å². The average Bonchev–Trinajstić information content (AvgIpc) is 3.21. The van der Waals surface area contributed by atoms with Gasteiger partial charge in [0.15, 0.2) is 5.58 Å². The minimum Gasteiger partial charge on any atom is -0.436 e. The Morgan fingerprint density at radius 3 is 2.58 bits per heavy atom. The Bertz CT molecular complexity index is 982. The molecule has 0 aliphatic carbocycles.